The molecule has 1 aliphatic rings. The van der Waals surface area contributed by atoms with E-state index in [0.717, 1.165) is 39.3 Å². The lowest BCUT2D eigenvalue weighted by atomic mass is 10.3. The number of nitrogens with zero attached hydrogens (tertiary/aromatic N) is 2. The van der Waals surface area contributed by atoms with Crippen molar-refractivity contribution < 1.29 is 4.79 Å². The SMILES string of the molecule is CN1CCN(CCNC(=O)CCCl)CC1. The summed E-state index contributed by atoms with van der Waals surface area (Å²) in [5.41, 5.74) is 0. The van der Waals surface area contributed by atoms with Gasteiger partial charge in [-0.15, -0.1) is 11.6 Å². The second kappa shape index (κ2) is 7.04. The molecule has 0 aromatic rings. The molecule has 1 N–H and O–H groups in total. The fourth-order valence-electron chi connectivity index (χ4n) is 1.60. The van der Waals surface area contributed by atoms with Crippen molar-refractivity contribution in [1.82, 2.24) is 15.1 Å². The largest absolute Gasteiger partial charge is 0.355 e. The van der Waals surface area contributed by atoms with Crippen molar-refractivity contribution in [2.75, 3.05) is 52.2 Å². The first-order valence-electron chi connectivity index (χ1n) is 5.46. The van der Waals surface area contributed by atoms with Gasteiger partial charge in [-0.3, -0.25) is 9.69 Å². The van der Waals surface area contributed by atoms with Crippen molar-refractivity contribution in [3.63, 3.8) is 0 Å². The van der Waals surface area contributed by atoms with Gasteiger partial charge in [0.1, 0.15) is 0 Å². The molecule has 1 heterocycles. The molecule has 0 bridgehead atoms. The van der Waals surface area contributed by atoms with Gasteiger partial charge in [0, 0.05) is 51.6 Å². The van der Waals surface area contributed by atoms with Crippen LogP contribution in [0.5, 0.6) is 0 Å². The van der Waals surface area contributed by atoms with Gasteiger partial charge < -0.3 is 10.2 Å². The monoisotopic (exact) mass is 233 g/mol. The first-order valence-corrected chi connectivity index (χ1v) is 5.99. The minimum absolute atomic E-state index is 0.0547. The third kappa shape index (κ3) is 5.35. The van der Waals surface area contributed by atoms with Gasteiger partial charge in [-0.2, -0.15) is 0 Å². The van der Waals surface area contributed by atoms with E-state index < -0.39 is 0 Å². The number of halogens is 1. The first-order chi connectivity index (χ1) is 7.22. The van der Waals surface area contributed by atoms with E-state index in [1.807, 2.05) is 0 Å². The van der Waals surface area contributed by atoms with Crippen LogP contribution in [0.15, 0.2) is 0 Å². The van der Waals surface area contributed by atoms with Crippen molar-refractivity contribution >= 4 is 17.5 Å². The summed E-state index contributed by atoms with van der Waals surface area (Å²) in [7, 11) is 2.14. The van der Waals surface area contributed by atoms with Crippen molar-refractivity contribution in [3.8, 4) is 0 Å². The molecular formula is C10H20ClN3O. The van der Waals surface area contributed by atoms with Crippen molar-refractivity contribution in [1.29, 1.82) is 0 Å². The van der Waals surface area contributed by atoms with E-state index >= 15 is 0 Å². The number of amides is 1. The fraction of sp³-hybridized carbons (Fsp3) is 0.900. The molecule has 1 amide bonds. The molecule has 0 atom stereocenters. The topological polar surface area (TPSA) is 35.6 Å². The van der Waals surface area contributed by atoms with E-state index in [-0.39, 0.29) is 5.91 Å². The van der Waals surface area contributed by atoms with Crippen LogP contribution < -0.4 is 5.32 Å². The summed E-state index contributed by atoms with van der Waals surface area (Å²) in [6, 6.07) is 0. The Hall–Kier alpha value is -0.320. The molecule has 0 aliphatic carbocycles. The van der Waals surface area contributed by atoms with E-state index in [0.29, 0.717) is 12.3 Å². The van der Waals surface area contributed by atoms with Gasteiger partial charge >= 0.3 is 0 Å². The highest BCUT2D eigenvalue weighted by atomic mass is 35.5. The number of piperazine rings is 1. The van der Waals surface area contributed by atoms with Crippen LogP contribution in [0.3, 0.4) is 0 Å². The van der Waals surface area contributed by atoms with Crippen molar-refractivity contribution in [3.05, 3.63) is 0 Å². The number of carbonyl (C=O) groups is 1. The number of likely N-dealkylation sites (N-methyl/N-ethyl adjacent to an activating group) is 1. The molecule has 1 aliphatic heterocycles. The molecule has 15 heavy (non-hydrogen) atoms. The van der Waals surface area contributed by atoms with Crippen molar-refractivity contribution in [2.45, 2.75) is 6.42 Å². The number of rotatable bonds is 5. The van der Waals surface area contributed by atoms with Gasteiger partial charge in [-0.1, -0.05) is 0 Å². The second-order valence-corrected chi connectivity index (χ2v) is 4.31. The van der Waals surface area contributed by atoms with E-state index in [2.05, 4.69) is 22.2 Å². The summed E-state index contributed by atoms with van der Waals surface area (Å²) in [4.78, 5) is 15.8. The van der Waals surface area contributed by atoms with Crippen LogP contribution in [0.25, 0.3) is 0 Å². The molecule has 1 fully saturated rings. The van der Waals surface area contributed by atoms with Crippen LogP contribution in [0.1, 0.15) is 6.42 Å². The smallest absolute Gasteiger partial charge is 0.221 e. The molecule has 4 nitrogen and oxygen atoms in total. The first kappa shape index (κ1) is 12.7. The van der Waals surface area contributed by atoms with Gasteiger partial charge in [0.05, 0.1) is 0 Å². The summed E-state index contributed by atoms with van der Waals surface area (Å²) in [5.74, 6) is 0.458. The zero-order chi connectivity index (χ0) is 11.1. The van der Waals surface area contributed by atoms with Crippen molar-refractivity contribution in [2.24, 2.45) is 0 Å². The summed E-state index contributed by atoms with van der Waals surface area (Å²) in [5, 5.41) is 2.86. The zero-order valence-electron chi connectivity index (χ0n) is 9.34. The number of carbonyl (C=O) groups excluding carboxylic acids is 1. The quantitative estimate of drug-likeness (QED) is 0.678. The Labute approximate surface area is 96.6 Å². The number of alkyl halides is 1. The van der Waals surface area contributed by atoms with Crippen LogP contribution in [0.4, 0.5) is 0 Å². The molecule has 0 spiro atoms. The minimum atomic E-state index is 0.0547. The minimum Gasteiger partial charge on any atom is -0.355 e. The lowest BCUT2D eigenvalue weighted by molar-refractivity contribution is -0.120. The average Bonchev–Trinajstić information content (AvgIpc) is 2.21. The summed E-state index contributed by atoms with van der Waals surface area (Å²) >= 11 is 5.46. The van der Waals surface area contributed by atoms with Gasteiger partial charge in [0.25, 0.3) is 0 Å². The maximum Gasteiger partial charge on any atom is 0.221 e. The van der Waals surface area contributed by atoms with E-state index in [1.54, 1.807) is 0 Å². The Kier molecular flexibility index (Phi) is 5.98. The Bertz CT molecular complexity index is 193. The highest BCUT2D eigenvalue weighted by Gasteiger charge is 2.12. The summed E-state index contributed by atoms with van der Waals surface area (Å²) in [6.45, 7) is 6.12. The lowest BCUT2D eigenvalue weighted by Crippen LogP contribution is -2.46. The molecular weight excluding hydrogens is 214 g/mol. The fourth-order valence-corrected chi connectivity index (χ4v) is 1.77. The summed E-state index contributed by atoms with van der Waals surface area (Å²) < 4.78 is 0. The molecule has 5 heteroatoms. The van der Waals surface area contributed by atoms with Gasteiger partial charge in [0.2, 0.25) is 5.91 Å². The Morgan fingerprint density at radius 2 is 2.00 bits per heavy atom. The van der Waals surface area contributed by atoms with Gasteiger partial charge in [0.15, 0.2) is 0 Å². The third-order valence-electron chi connectivity index (χ3n) is 2.67. The Morgan fingerprint density at radius 3 is 2.60 bits per heavy atom. The maximum atomic E-state index is 11.1. The normalized spacial score (nSPS) is 19.1. The molecule has 0 aromatic heterocycles. The van der Waals surface area contributed by atoms with Crippen LogP contribution in [0, 0.1) is 0 Å². The molecule has 88 valence electrons. The molecule has 0 radical (unpaired) electrons. The summed E-state index contributed by atoms with van der Waals surface area (Å²) in [6.07, 6.45) is 0.421. The van der Waals surface area contributed by atoms with Crippen LogP contribution in [-0.4, -0.2) is 67.9 Å². The van der Waals surface area contributed by atoms with Gasteiger partial charge in [-0.25, -0.2) is 0 Å². The molecule has 1 rings (SSSR count). The maximum absolute atomic E-state index is 11.1. The van der Waals surface area contributed by atoms with E-state index in [1.165, 1.54) is 0 Å². The predicted octanol–water partition coefficient (Wildman–Crippen LogP) is -0.0211. The Morgan fingerprint density at radius 1 is 1.33 bits per heavy atom. The number of hydrogen-bond acceptors (Lipinski definition) is 3. The zero-order valence-corrected chi connectivity index (χ0v) is 10.1. The highest BCUT2D eigenvalue weighted by molar-refractivity contribution is 6.18. The number of nitrogens with one attached hydrogen (secondary N) is 1. The lowest BCUT2D eigenvalue weighted by Gasteiger charge is -2.32. The van der Waals surface area contributed by atoms with Crippen LogP contribution in [-0.2, 0) is 4.79 Å². The third-order valence-corrected chi connectivity index (χ3v) is 2.86. The standard InChI is InChI=1S/C10H20ClN3O/c1-13-6-8-14(9-7-13)5-4-12-10(15)2-3-11/h2-9H2,1H3,(H,12,15). The van der Waals surface area contributed by atoms with Crippen LogP contribution >= 0.6 is 11.6 Å². The average molecular weight is 234 g/mol. The number of hydrogen-bond donors (Lipinski definition) is 1. The highest BCUT2D eigenvalue weighted by Crippen LogP contribution is 1.97. The molecule has 0 aromatic carbocycles. The van der Waals surface area contributed by atoms with E-state index in [9.17, 15) is 4.79 Å². The van der Waals surface area contributed by atoms with Crippen LogP contribution in [0.2, 0.25) is 0 Å². The van der Waals surface area contributed by atoms with E-state index in [4.69, 9.17) is 11.6 Å². The Balaban J connectivity index is 2.02. The molecule has 0 unspecified atom stereocenters. The molecule has 0 saturated carbocycles. The predicted molar refractivity (Wildman–Crippen MR) is 62.3 cm³/mol. The second-order valence-electron chi connectivity index (χ2n) is 3.93. The molecule has 1 saturated heterocycles. The van der Waals surface area contributed by atoms with Gasteiger partial charge in [-0.05, 0) is 7.05 Å².